The summed E-state index contributed by atoms with van der Waals surface area (Å²) in [7, 11) is -0.402. The highest BCUT2D eigenvalue weighted by Crippen LogP contribution is 2.42. The Balaban J connectivity index is 1.41. The van der Waals surface area contributed by atoms with E-state index in [-0.39, 0.29) is 11.2 Å². The van der Waals surface area contributed by atoms with E-state index in [4.69, 9.17) is 14.3 Å². The molecule has 0 spiro atoms. The van der Waals surface area contributed by atoms with Crippen molar-refractivity contribution in [3.05, 3.63) is 115 Å². The Labute approximate surface area is 245 Å². The lowest BCUT2D eigenvalue weighted by atomic mass is 9.78. The van der Waals surface area contributed by atoms with E-state index in [1.54, 1.807) is 0 Å². The lowest BCUT2D eigenvalue weighted by molar-refractivity contribution is 0.00578. The molecule has 1 aliphatic rings. The maximum atomic E-state index is 6.33. The van der Waals surface area contributed by atoms with Crippen molar-refractivity contribution in [2.45, 2.75) is 38.9 Å². The van der Waals surface area contributed by atoms with Crippen molar-refractivity contribution < 1.29 is 9.31 Å². The zero-order valence-corrected chi connectivity index (χ0v) is 24.3. The third kappa shape index (κ3) is 3.67. The molecule has 0 aliphatic carbocycles. The van der Waals surface area contributed by atoms with Crippen LogP contribution in [0.25, 0.3) is 60.4 Å². The quantitative estimate of drug-likeness (QED) is 0.165. The van der Waals surface area contributed by atoms with Gasteiger partial charge in [-0.1, -0.05) is 84.9 Å². The molecule has 1 saturated heterocycles. The van der Waals surface area contributed by atoms with Gasteiger partial charge in [-0.05, 0) is 68.9 Å². The van der Waals surface area contributed by atoms with Gasteiger partial charge in [0.05, 0.1) is 33.4 Å². The minimum atomic E-state index is -0.402. The summed E-state index contributed by atoms with van der Waals surface area (Å²) in [5.41, 5.74) is 6.76. The Morgan fingerprint density at radius 1 is 0.571 bits per heavy atom. The van der Waals surface area contributed by atoms with Crippen LogP contribution in [0.5, 0.6) is 0 Å². The van der Waals surface area contributed by atoms with Gasteiger partial charge in [-0.3, -0.25) is 0 Å². The van der Waals surface area contributed by atoms with Crippen LogP contribution in [-0.2, 0) is 9.31 Å². The van der Waals surface area contributed by atoms with E-state index < -0.39 is 7.12 Å². The molecule has 0 amide bonds. The molecule has 2 aromatic heterocycles. The van der Waals surface area contributed by atoms with Crippen LogP contribution in [0.15, 0.2) is 115 Å². The Kier molecular flexibility index (Phi) is 5.43. The summed E-state index contributed by atoms with van der Waals surface area (Å²) < 4.78 is 15.0. The highest BCUT2D eigenvalue weighted by Gasteiger charge is 2.51. The summed E-state index contributed by atoms with van der Waals surface area (Å²) in [6.45, 7) is 8.35. The molecule has 0 N–H and O–H groups in total. The number of nitrogens with zero attached hydrogens (tertiary/aromatic N) is 2. The topological polar surface area (TPSA) is 36.3 Å². The van der Waals surface area contributed by atoms with Crippen LogP contribution in [0.1, 0.15) is 27.7 Å². The minimum absolute atomic E-state index is 0.384. The average molecular weight is 546 g/mol. The van der Waals surface area contributed by atoms with Crippen molar-refractivity contribution in [3.63, 3.8) is 0 Å². The Morgan fingerprint density at radius 3 is 1.95 bits per heavy atom. The van der Waals surface area contributed by atoms with Gasteiger partial charge in [0.1, 0.15) is 0 Å². The molecular formula is C37H31BN2O2. The summed E-state index contributed by atoms with van der Waals surface area (Å²) in [5.74, 6) is 0. The van der Waals surface area contributed by atoms with Crippen LogP contribution in [0.3, 0.4) is 0 Å². The molecule has 4 nitrogen and oxygen atoms in total. The number of hydrogen-bond donors (Lipinski definition) is 0. The molecule has 0 bridgehead atoms. The van der Waals surface area contributed by atoms with Crippen LogP contribution in [0.2, 0.25) is 0 Å². The number of aromatic nitrogens is 2. The fourth-order valence-electron chi connectivity index (χ4n) is 6.35. The molecule has 204 valence electrons. The van der Waals surface area contributed by atoms with Crippen molar-refractivity contribution >= 4 is 56.1 Å². The molecule has 5 heteroatoms. The van der Waals surface area contributed by atoms with Gasteiger partial charge in [0.2, 0.25) is 0 Å². The molecule has 5 aromatic carbocycles. The summed E-state index contributed by atoms with van der Waals surface area (Å²) in [5, 5.41) is 5.96. The van der Waals surface area contributed by atoms with Crippen molar-refractivity contribution in [3.8, 4) is 16.9 Å². The molecule has 1 fully saturated rings. The maximum absolute atomic E-state index is 6.33. The second-order valence-corrected chi connectivity index (χ2v) is 12.3. The van der Waals surface area contributed by atoms with Gasteiger partial charge in [0.25, 0.3) is 0 Å². The van der Waals surface area contributed by atoms with E-state index in [9.17, 15) is 0 Å². The highest BCUT2D eigenvalue weighted by molar-refractivity contribution is 6.62. The fourth-order valence-corrected chi connectivity index (χ4v) is 6.35. The van der Waals surface area contributed by atoms with Gasteiger partial charge >= 0.3 is 7.12 Å². The van der Waals surface area contributed by atoms with Crippen molar-refractivity contribution in [1.29, 1.82) is 0 Å². The van der Waals surface area contributed by atoms with Crippen LogP contribution in [0, 0.1) is 0 Å². The van der Waals surface area contributed by atoms with E-state index in [0.717, 1.165) is 33.3 Å². The average Bonchev–Trinajstić information content (AvgIpc) is 3.46. The monoisotopic (exact) mass is 546 g/mol. The first-order valence-corrected chi connectivity index (χ1v) is 14.6. The largest absolute Gasteiger partial charge is 0.494 e. The second-order valence-electron chi connectivity index (χ2n) is 12.3. The summed E-state index contributed by atoms with van der Waals surface area (Å²) >= 11 is 0. The van der Waals surface area contributed by atoms with Gasteiger partial charge in [0, 0.05) is 32.8 Å². The number of pyridine rings is 1. The summed E-state index contributed by atoms with van der Waals surface area (Å²) in [4.78, 5) is 5.31. The van der Waals surface area contributed by atoms with Crippen molar-refractivity contribution in [1.82, 2.24) is 9.55 Å². The molecule has 1 aliphatic heterocycles. The van der Waals surface area contributed by atoms with Gasteiger partial charge < -0.3 is 13.9 Å². The molecule has 0 unspecified atom stereocenters. The molecule has 42 heavy (non-hydrogen) atoms. The Morgan fingerprint density at radius 2 is 1.21 bits per heavy atom. The molecular weight excluding hydrogens is 515 g/mol. The normalized spacial score (nSPS) is 16.2. The molecule has 0 atom stereocenters. The summed E-state index contributed by atoms with van der Waals surface area (Å²) in [6.07, 6.45) is 0. The fraction of sp³-hybridized carbons (Fsp3) is 0.162. The zero-order valence-electron chi connectivity index (χ0n) is 24.3. The van der Waals surface area contributed by atoms with Crippen LogP contribution >= 0.6 is 0 Å². The van der Waals surface area contributed by atoms with E-state index in [0.29, 0.717) is 0 Å². The molecule has 0 saturated carbocycles. The van der Waals surface area contributed by atoms with E-state index >= 15 is 0 Å². The smallest absolute Gasteiger partial charge is 0.399 e. The first kappa shape index (κ1) is 25.3. The van der Waals surface area contributed by atoms with Gasteiger partial charge in [-0.15, -0.1) is 0 Å². The third-order valence-electron chi connectivity index (χ3n) is 9.23. The number of fused-ring (bicyclic) bond motifs is 7. The molecule has 3 heterocycles. The van der Waals surface area contributed by atoms with Crippen LogP contribution < -0.4 is 5.46 Å². The maximum Gasteiger partial charge on any atom is 0.494 e. The van der Waals surface area contributed by atoms with Gasteiger partial charge in [-0.25, -0.2) is 4.98 Å². The third-order valence-corrected chi connectivity index (χ3v) is 9.23. The number of para-hydroxylation sites is 3. The zero-order chi connectivity index (χ0) is 28.6. The van der Waals surface area contributed by atoms with E-state index in [1.165, 1.54) is 32.6 Å². The number of hydrogen-bond acceptors (Lipinski definition) is 3. The Hall–Kier alpha value is -4.45. The minimum Gasteiger partial charge on any atom is -0.399 e. The molecule has 0 radical (unpaired) electrons. The first-order valence-electron chi connectivity index (χ1n) is 14.6. The first-order chi connectivity index (χ1) is 20.3. The molecule has 7 aromatic rings. The number of benzene rings is 5. The van der Waals surface area contributed by atoms with Crippen LogP contribution in [-0.4, -0.2) is 27.9 Å². The predicted octanol–water partition coefficient (Wildman–Crippen LogP) is 8.45. The second kappa shape index (κ2) is 9.03. The number of rotatable bonds is 3. The van der Waals surface area contributed by atoms with E-state index in [2.05, 4.69) is 148 Å². The van der Waals surface area contributed by atoms with E-state index in [1.807, 2.05) is 0 Å². The van der Waals surface area contributed by atoms with Crippen molar-refractivity contribution in [2.24, 2.45) is 0 Å². The highest BCUT2D eigenvalue weighted by atomic mass is 16.7. The van der Waals surface area contributed by atoms with Gasteiger partial charge in [-0.2, -0.15) is 0 Å². The standard InChI is InChI=1S/C37H31BN2O2/c1-36(2)37(3,4)42-38(41-36)25-20-18-24(19-21-25)35-34-28(27-14-8-10-16-30(27)39-35)22-23-32-33(34)29-15-9-11-17-31(29)40(32)26-12-6-5-7-13-26/h5-23H,1-4H3. The van der Waals surface area contributed by atoms with Gasteiger partial charge in [0.15, 0.2) is 0 Å². The summed E-state index contributed by atoms with van der Waals surface area (Å²) in [6, 6.07) is 40.8. The molecule has 8 rings (SSSR count). The predicted molar refractivity (Wildman–Crippen MR) is 175 cm³/mol. The lowest BCUT2D eigenvalue weighted by Crippen LogP contribution is -2.41. The Bertz CT molecular complexity index is 2130. The van der Waals surface area contributed by atoms with Crippen molar-refractivity contribution in [2.75, 3.05) is 0 Å². The van der Waals surface area contributed by atoms with Crippen LogP contribution in [0.4, 0.5) is 0 Å². The SMILES string of the molecule is CC1(C)OB(c2ccc(-c3nc4ccccc4c4ccc5c(c6ccccc6n5-c5ccccc5)c34)cc2)OC1(C)C. The lowest BCUT2D eigenvalue weighted by Gasteiger charge is -2.32.